The Labute approximate surface area is 104 Å². The average Bonchev–Trinajstić information content (AvgIpc) is 2.48. The molecule has 0 bridgehead atoms. The van der Waals surface area contributed by atoms with Gasteiger partial charge in [0, 0.05) is 19.1 Å². The molecule has 0 aromatic rings. The summed E-state index contributed by atoms with van der Waals surface area (Å²) in [6.45, 7) is 5.39. The van der Waals surface area contributed by atoms with E-state index in [4.69, 9.17) is 0 Å². The number of amides is 1. The normalized spacial score (nSPS) is 36.4. The summed E-state index contributed by atoms with van der Waals surface area (Å²) in [7, 11) is 2.17. The highest BCUT2D eigenvalue weighted by Gasteiger charge is 2.29. The molecular formula is C13H25N3O. The van der Waals surface area contributed by atoms with Gasteiger partial charge in [0.1, 0.15) is 0 Å². The molecule has 0 spiro atoms. The quantitative estimate of drug-likeness (QED) is 0.741. The van der Waals surface area contributed by atoms with E-state index < -0.39 is 0 Å². The van der Waals surface area contributed by atoms with E-state index in [-0.39, 0.29) is 11.9 Å². The van der Waals surface area contributed by atoms with Gasteiger partial charge in [0.2, 0.25) is 5.91 Å². The third-order valence-corrected chi connectivity index (χ3v) is 4.06. The summed E-state index contributed by atoms with van der Waals surface area (Å²) in [4.78, 5) is 14.2. The molecule has 0 radical (unpaired) electrons. The Morgan fingerprint density at radius 1 is 1.35 bits per heavy atom. The molecule has 2 saturated heterocycles. The van der Waals surface area contributed by atoms with E-state index in [0.29, 0.717) is 12.0 Å². The molecule has 0 aliphatic carbocycles. The predicted octanol–water partition coefficient (Wildman–Crippen LogP) is 0.585. The summed E-state index contributed by atoms with van der Waals surface area (Å²) in [5.41, 5.74) is 0. The van der Waals surface area contributed by atoms with E-state index in [1.807, 2.05) is 0 Å². The molecule has 0 saturated carbocycles. The van der Waals surface area contributed by atoms with Gasteiger partial charge in [-0.3, -0.25) is 4.79 Å². The highest BCUT2D eigenvalue weighted by Crippen LogP contribution is 2.17. The molecule has 3 unspecified atom stereocenters. The van der Waals surface area contributed by atoms with Crippen LogP contribution in [-0.2, 0) is 4.79 Å². The Morgan fingerprint density at radius 3 is 2.94 bits per heavy atom. The van der Waals surface area contributed by atoms with Gasteiger partial charge >= 0.3 is 0 Å². The Kier molecular flexibility index (Phi) is 4.40. The topological polar surface area (TPSA) is 44.4 Å². The number of hydrogen-bond acceptors (Lipinski definition) is 3. The number of hydrogen-bond donors (Lipinski definition) is 2. The molecule has 2 fully saturated rings. The first kappa shape index (κ1) is 12.8. The highest BCUT2D eigenvalue weighted by atomic mass is 16.2. The zero-order valence-corrected chi connectivity index (χ0v) is 11.0. The van der Waals surface area contributed by atoms with E-state index in [2.05, 4.69) is 29.5 Å². The first-order valence-electron chi connectivity index (χ1n) is 6.89. The molecule has 0 aromatic carbocycles. The number of carbonyl (C=O) groups is 1. The second kappa shape index (κ2) is 5.83. The SMILES string of the molecule is CC1CN(C)CCC1NC1CCCCNC1=O. The van der Waals surface area contributed by atoms with Gasteiger partial charge in [-0.25, -0.2) is 0 Å². The fourth-order valence-corrected chi connectivity index (χ4v) is 2.96. The van der Waals surface area contributed by atoms with Crippen molar-refractivity contribution in [2.45, 2.75) is 44.7 Å². The van der Waals surface area contributed by atoms with E-state index in [1.54, 1.807) is 0 Å². The van der Waals surface area contributed by atoms with Crippen molar-refractivity contribution in [2.75, 3.05) is 26.7 Å². The Hall–Kier alpha value is -0.610. The van der Waals surface area contributed by atoms with Crippen molar-refractivity contribution in [3.05, 3.63) is 0 Å². The minimum absolute atomic E-state index is 0.0355. The fraction of sp³-hybridized carbons (Fsp3) is 0.923. The Morgan fingerprint density at radius 2 is 2.18 bits per heavy atom. The molecule has 1 amide bonds. The standard InChI is InChI=1S/C13H25N3O/c1-10-9-16(2)8-6-11(10)15-12-5-3-4-7-14-13(12)17/h10-12,15H,3-9H2,1-2H3,(H,14,17). The number of nitrogens with one attached hydrogen (secondary N) is 2. The number of rotatable bonds is 2. The Balaban J connectivity index is 1.88. The third-order valence-electron chi connectivity index (χ3n) is 4.06. The zero-order chi connectivity index (χ0) is 12.3. The van der Waals surface area contributed by atoms with Gasteiger partial charge in [-0.2, -0.15) is 0 Å². The first-order chi connectivity index (χ1) is 8.16. The molecule has 3 atom stereocenters. The maximum absolute atomic E-state index is 11.9. The molecule has 2 heterocycles. The van der Waals surface area contributed by atoms with Gasteiger partial charge in [-0.05, 0) is 45.2 Å². The molecule has 4 nitrogen and oxygen atoms in total. The van der Waals surface area contributed by atoms with Crippen LogP contribution in [-0.4, -0.2) is 49.6 Å². The second-order valence-corrected chi connectivity index (χ2v) is 5.64. The zero-order valence-electron chi connectivity index (χ0n) is 11.0. The van der Waals surface area contributed by atoms with Gasteiger partial charge in [-0.15, -0.1) is 0 Å². The average molecular weight is 239 g/mol. The third kappa shape index (κ3) is 3.42. The van der Waals surface area contributed by atoms with Gasteiger partial charge in [0.15, 0.2) is 0 Å². The number of piperidine rings is 1. The minimum atomic E-state index is 0.0355. The lowest BCUT2D eigenvalue weighted by atomic mass is 9.93. The molecule has 17 heavy (non-hydrogen) atoms. The van der Waals surface area contributed by atoms with Crippen LogP contribution in [0.3, 0.4) is 0 Å². The first-order valence-corrected chi connectivity index (χ1v) is 6.89. The number of likely N-dealkylation sites (tertiary alicyclic amines) is 1. The van der Waals surface area contributed by atoms with Gasteiger partial charge in [0.25, 0.3) is 0 Å². The van der Waals surface area contributed by atoms with Crippen molar-refractivity contribution in [1.29, 1.82) is 0 Å². The van der Waals surface area contributed by atoms with Crippen molar-refractivity contribution >= 4 is 5.91 Å². The van der Waals surface area contributed by atoms with Crippen LogP contribution in [0.4, 0.5) is 0 Å². The molecule has 0 aromatic heterocycles. The van der Waals surface area contributed by atoms with Crippen LogP contribution in [0.2, 0.25) is 0 Å². The van der Waals surface area contributed by atoms with Crippen LogP contribution in [0.25, 0.3) is 0 Å². The summed E-state index contributed by atoms with van der Waals surface area (Å²) in [6, 6.07) is 0.536. The van der Waals surface area contributed by atoms with Crippen LogP contribution in [0.15, 0.2) is 0 Å². The maximum atomic E-state index is 11.9. The molecule has 2 rings (SSSR count). The maximum Gasteiger partial charge on any atom is 0.237 e. The van der Waals surface area contributed by atoms with Crippen LogP contribution in [0, 0.1) is 5.92 Å². The van der Waals surface area contributed by atoms with E-state index >= 15 is 0 Å². The van der Waals surface area contributed by atoms with Crippen LogP contribution >= 0.6 is 0 Å². The number of nitrogens with zero attached hydrogens (tertiary/aromatic N) is 1. The Bertz CT molecular complexity index is 269. The van der Waals surface area contributed by atoms with Crippen molar-refractivity contribution < 1.29 is 4.79 Å². The molecule has 2 N–H and O–H groups in total. The second-order valence-electron chi connectivity index (χ2n) is 5.64. The molecule has 98 valence electrons. The summed E-state index contributed by atoms with van der Waals surface area (Å²) in [5.74, 6) is 0.832. The van der Waals surface area contributed by atoms with E-state index in [9.17, 15) is 4.79 Å². The monoisotopic (exact) mass is 239 g/mol. The summed E-state index contributed by atoms with van der Waals surface area (Å²) < 4.78 is 0. The van der Waals surface area contributed by atoms with Crippen molar-refractivity contribution in [1.82, 2.24) is 15.5 Å². The lowest BCUT2D eigenvalue weighted by Gasteiger charge is -2.37. The summed E-state index contributed by atoms with van der Waals surface area (Å²) >= 11 is 0. The van der Waals surface area contributed by atoms with Crippen LogP contribution in [0.5, 0.6) is 0 Å². The molecule has 2 aliphatic heterocycles. The fourth-order valence-electron chi connectivity index (χ4n) is 2.96. The van der Waals surface area contributed by atoms with Gasteiger partial charge in [-0.1, -0.05) is 6.92 Å². The van der Waals surface area contributed by atoms with Crippen LogP contribution < -0.4 is 10.6 Å². The lowest BCUT2D eigenvalue weighted by Crippen LogP contribution is -2.53. The largest absolute Gasteiger partial charge is 0.355 e. The van der Waals surface area contributed by atoms with Crippen molar-refractivity contribution in [3.63, 3.8) is 0 Å². The number of carbonyl (C=O) groups excluding carboxylic acids is 1. The highest BCUT2D eigenvalue weighted by molar-refractivity contribution is 5.81. The van der Waals surface area contributed by atoms with Gasteiger partial charge < -0.3 is 15.5 Å². The molecule has 2 aliphatic rings. The van der Waals surface area contributed by atoms with Crippen molar-refractivity contribution in [3.8, 4) is 0 Å². The predicted molar refractivity (Wildman–Crippen MR) is 68.9 cm³/mol. The summed E-state index contributed by atoms with van der Waals surface area (Å²) in [5, 5.41) is 6.58. The lowest BCUT2D eigenvalue weighted by molar-refractivity contribution is -0.123. The van der Waals surface area contributed by atoms with Crippen LogP contribution in [0.1, 0.15) is 32.6 Å². The summed E-state index contributed by atoms with van der Waals surface area (Å²) in [6.07, 6.45) is 4.41. The van der Waals surface area contributed by atoms with E-state index in [1.165, 1.54) is 0 Å². The smallest absolute Gasteiger partial charge is 0.237 e. The molecule has 4 heteroatoms. The van der Waals surface area contributed by atoms with Crippen molar-refractivity contribution in [2.24, 2.45) is 5.92 Å². The van der Waals surface area contributed by atoms with Gasteiger partial charge in [0.05, 0.1) is 6.04 Å². The van der Waals surface area contributed by atoms with E-state index in [0.717, 1.165) is 45.3 Å². The molecular weight excluding hydrogens is 214 g/mol. The minimum Gasteiger partial charge on any atom is -0.355 e.